The van der Waals surface area contributed by atoms with Crippen LogP contribution in [0.15, 0.2) is 30.3 Å². The van der Waals surface area contributed by atoms with E-state index in [1.807, 2.05) is 0 Å². The van der Waals surface area contributed by atoms with Crippen LogP contribution in [0.25, 0.3) is 0 Å². The van der Waals surface area contributed by atoms with Crippen LogP contribution in [-0.4, -0.2) is 42.5 Å². The highest BCUT2D eigenvalue weighted by Gasteiger charge is 2.21. The van der Waals surface area contributed by atoms with Crippen LogP contribution in [0.5, 0.6) is 0 Å². The number of rotatable bonds is 4. The fraction of sp³-hybridized carbons (Fsp3) is 0.667. The molecule has 1 aliphatic heterocycles. The van der Waals surface area contributed by atoms with E-state index in [0.29, 0.717) is 0 Å². The van der Waals surface area contributed by atoms with Gasteiger partial charge in [0.1, 0.15) is 0 Å². The summed E-state index contributed by atoms with van der Waals surface area (Å²) in [4.78, 5) is 5.31. The Kier molecular flexibility index (Phi) is 5.10. The normalized spacial score (nSPS) is 23.0. The summed E-state index contributed by atoms with van der Waals surface area (Å²) in [7, 11) is 0. The summed E-state index contributed by atoms with van der Waals surface area (Å²) in [6.07, 6.45) is 7.37. The second kappa shape index (κ2) is 7.24. The first-order valence-corrected chi connectivity index (χ1v) is 8.39. The van der Waals surface area contributed by atoms with Crippen LogP contribution in [0.1, 0.15) is 37.7 Å². The number of nitrogens with zero attached hydrogens (tertiary/aromatic N) is 2. The molecule has 1 aromatic carbocycles. The average molecular weight is 272 g/mol. The van der Waals surface area contributed by atoms with Gasteiger partial charge in [-0.1, -0.05) is 49.6 Å². The van der Waals surface area contributed by atoms with Crippen molar-refractivity contribution in [3.05, 3.63) is 35.9 Å². The van der Waals surface area contributed by atoms with Crippen LogP contribution in [0.3, 0.4) is 0 Å². The van der Waals surface area contributed by atoms with E-state index < -0.39 is 0 Å². The largest absolute Gasteiger partial charge is 0.301 e. The lowest BCUT2D eigenvalue weighted by molar-refractivity contribution is 0.105. The summed E-state index contributed by atoms with van der Waals surface area (Å²) in [5.41, 5.74) is 1.45. The van der Waals surface area contributed by atoms with Gasteiger partial charge in [0.25, 0.3) is 0 Å². The van der Waals surface area contributed by atoms with Crippen molar-refractivity contribution in [1.29, 1.82) is 0 Å². The molecule has 0 atom stereocenters. The molecular weight excluding hydrogens is 244 g/mol. The molecule has 0 aromatic heterocycles. The fourth-order valence-electron chi connectivity index (χ4n) is 3.71. The second-order valence-corrected chi connectivity index (χ2v) is 6.57. The van der Waals surface area contributed by atoms with E-state index in [1.54, 1.807) is 0 Å². The number of piperazine rings is 1. The maximum absolute atomic E-state index is 2.71. The van der Waals surface area contributed by atoms with Gasteiger partial charge in [-0.15, -0.1) is 0 Å². The average Bonchev–Trinajstić information content (AvgIpc) is 2.51. The molecule has 2 heteroatoms. The molecule has 1 saturated carbocycles. The van der Waals surface area contributed by atoms with Gasteiger partial charge in [-0.3, -0.25) is 4.90 Å². The molecule has 0 bridgehead atoms. The Hall–Kier alpha value is -0.860. The zero-order valence-electron chi connectivity index (χ0n) is 12.6. The van der Waals surface area contributed by atoms with Crippen LogP contribution < -0.4 is 0 Å². The first-order valence-electron chi connectivity index (χ1n) is 8.39. The molecule has 2 aliphatic rings. The van der Waals surface area contributed by atoms with E-state index in [0.717, 1.165) is 12.5 Å². The minimum atomic E-state index is 0.990. The predicted molar refractivity (Wildman–Crippen MR) is 84.7 cm³/mol. The molecule has 0 radical (unpaired) electrons. The lowest BCUT2D eigenvalue weighted by Crippen LogP contribution is -2.47. The summed E-state index contributed by atoms with van der Waals surface area (Å²) in [5.74, 6) is 0.990. The quantitative estimate of drug-likeness (QED) is 0.829. The summed E-state index contributed by atoms with van der Waals surface area (Å²) >= 11 is 0. The molecule has 1 aromatic rings. The third kappa shape index (κ3) is 4.07. The Morgan fingerprint density at radius 3 is 2.15 bits per heavy atom. The SMILES string of the molecule is c1ccc(CN2CCN(CC3CCCCC3)CC2)cc1. The van der Waals surface area contributed by atoms with Crippen LogP contribution >= 0.6 is 0 Å². The molecule has 0 N–H and O–H groups in total. The molecule has 110 valence electrons. The molecule has 0 amide bonds. The maximum Gasteiger partial charge on any atom is 0.0234 e. The smallest absolute Gasteiger partial charge is 0.0234 e. The van der Waals surface area contributed by atoms with Gasteiger partial charge in [0.05, 0.1) is 0 Å². The Labute approximate surface area is 123 Å². The van der Waals surface area contributed by atoms with Crippen LogP contribution in [0.2, 0.25) is 0 Å². The number of hydrogen-bond donors (Lipinski definition) is 0. The van der Waals surface area contributed by atoms with Gasteiger partial charge in [0.15, 0.2) is 0 Å². The van der Waals surface area contributed by atoms with Gasteiger partial charge in [0, 0.05) is 39.3 Å². The van der Waals surface area contributed by atoms with E-state index in [9.17, 15) is 0 Å². The molecule has 1 aliphatic carbocycles. The molecule has 1 heterocycles. The van der Waals surface area contributed by atoms with Gasteiger partial charge in [-0.25, -0.2) is 0 Å². The first kappa shape index (κ1) is 14.1. The molecule has 2 fully saturated rings. The zero-order valence-corrected chi connectivity index (χ0v) is 12.6. The van der Waals surface area contributed by atoms with Crippen LogP contribution in [0, 0.1) is 5.92 Å². The Morgan fingerprint density at radius 2 is 1.45 bits per heavy atom. The van der Waals surface area contributed by atoms with Crippen LogP contribution in [0.4, 0.5) is 0 Å². The van der Waals surface area contributed by atoms with E-state index in [-0.39, 0.29) is 0 Å². The van der Waals surface area contributed by atoms with Crippen molar-refractivity contribution in [2.75, 3.05) is 32.7 Å². The van der Waals surface area contributed by atoms with E-state index in [4.69, 9.17) is 0 Å². The second-order valence-electron chi connectivity index (χ2n) is 6.57. The molecular formula is C18H28N2. The Bertz CT molecular complexity index is 376. The van der Waals surface area contributed by atoms with Crippen molar-refractivity contribution in [1.82, 2.24) is 9.80 Å². The lowest BCUT2D eigenvalue weighted by Gasteiger charge is -2.37. The number of hydrogen-bond acceptors (Lipinski definition) is 2. The third-order valence-electron chi connectivity index (χ3n) is 4.96. The van der Waals surface area contributed by atoms with Crippen molar-refractivity contribution in [2.24, 2.45) is 5.92 Å². The Balaban J connectivity index is 1.40. The van der Waals surface area contributed by atoms with E-state index >= 15 is 0 Å². The summed E-state index contributed by atoms with van der Waals surface area (Å²) in [6.45, 7) is 7.49. The first-order chi connectivity index (χ1) is 9.90. The Morgan fingerprint density at radius 1 is 0.800 bits per heavy atom. The minimum absolute atomic E-state index is 0.990. The fourth-order valence-corrected chi connectivity index (χ4v) is 3.71. The zero-order chi connectivity index (χ0) is 13.6. The molecule has 20 heavy (non-hydrogen) atoms. The summed E-state index contributed by atoms with van der Waals surface area (Å²) < 4.78 is 0. The topological polar surface area (TPSA) is 6.48 Å². The van der Waals surface area contributed by atoms with Crippen molar-refractivity contribution in [3.63, 3.8) is 0 Å². The monoisotopic (exact) mass is 272 g/mol. The summed E-state index contributed by atoms with van der Waals surface area (Å²) in [6, 6.07) is 10.9. The molecule has 2 nitrogen and oxygen atoms in total. The van der Waals surface area contributed by atoms with Crippen LogP contribution in [-0.2, 0) is 6.54 Å². The summed E-state index contributed by atoms with van der Waals surface area (Å²) in [5, 5.41) is 0. The van der Waals surface area contributed by atoms with Crippen molar-refractivity contribution in [2.45, 2.75) is 38.6 Å². The molecule has 0 unspecified atom stereocenters. The highest BCUT2D eigenvalue weighted by molar-refractivity contribution is 5.14. The van der Waals surface area contributed by atoms with E-state index in [2.05, 4.69) is 40.1 Å². The number of benzene rings is 1. The maximum atomic E-state index is 2.71. The van der Waals surface area contributed by atoms with Gasteiger partial charge >= 0.3 is 0 Å². The standard InChI is InChI=1S/C18H28N2/c1-3-7-17(8-4-1)15-19-11-13-20(14-12-19)16-18-9-5-2-6-10-18/h1,3-4,7-8,18H,2,5-6,9-16H2. The highest BCUT2D eigenvalue weighted by Crippen LogP contribution is 2.24. The van der Waals surface area contributed by atoms with Crippen molar-refractivity contribution in [3.8, 4) is 0 Å². The highest BCUT2D eigenvalue weighted by atomic mass is 15.3. The van der Waals surface area contributed by atoms with Gasteiger partial charge in [-0.2, -0.15) is 0 Å². The van der Waals surface area contributed by atoms with Gasteiger partial charge in [-0.05, 0) is 24.3 Å². The van der Waals surface area contributed by atoms with Gasteiger partial charge in [0.2, 0.25) is 0 Å². The lowest BCUT2D eigenvalue weighted by atomic mass is 9.89. The van der Waals surface area contributed by atoms with Crippen molar-refractivity contribution < 1.29 is 0 Å². The van der Waals surface area contributed by atoms with Gasteiger partial charge < -0.3 is 4.90 Å². The molecule has 1 saturated heterocycles. The van der Waals surface area contributed by atoms with Crippen molar-refractivity contribution >= 4 is 0 Å². The minimum Gasteiger partial charge on any atom is -0.301 e. The third-order valence-corrected chi connectivity index (χ3v) is 4.96. The van der Waals surface area contributed by atoms with E-state index in [1.165, 1.54) is 70.4 Å². The molecule has 3 rings (SSSR count). The predicted octanol–water partition coefficient (Wildman–Crippen LogP) is 3.38. The molecule has 0 spiro atoms.